The van der Waals surface area contributed by atoms with E-state index in [1.807, 2.05) is 12.3 Å². The average molecular weight is 316 g/mol. The van der Waals surface area contributed by atoms with Crippen molar-refractivity contribution < 1.29 is 13.2 Å². The van der Waals surface area contributed by atoms with E-state index in [1.165, 1.54) is 17.4 Å². The smallest absolute Gasteiger partial charge is 0.252 e. The zero-order chi connectivity index (χ0) is 14.0. The van der Waals surface area contributed by atoms with Crippen molar-refractivity contribution in [2.24, 2.45) is 5.14 Å². The number of primary sulfonamides is 1. The number of carbonyl (C=O) groups is 1. The van der Waals surface area contributed by atoms with Crippen LogP contribution in [0.3, 0.4) is 0 Å². The highest BCUT2D eigenvalue weighted by molar-refractivity contribution is 7.91. The summed E-state index contributed by atoms with van der Waals surface area (Å²) in [6.45, 7) is 2.16. The summed E-state index contributed by atoms with van der Waals surface area (Å²) in [4.78, 5) is 12.6. The number of amides is 1. The van der Waals surface area contributed by atoms with Gasteiger partial charge in [0.05, 0.1) is 12.1 Å². The van der Waals surface area contributed by atoms with Gasteiger partial charge in [-0.3, -0.25) is 4.79 Å². The van der Waals surface area contributed by atoms with E-state index >= 15 is 0 Å². The number of thiophene rings is 2. The van der Waals surface area contributed by atoms with Crippen LogP contribution in [-0.2, 0) is 16.6 Å². The van der Waals surface area contributed by atoms with Crippen LogP contribution in [0, 0.1) is 6.92 Å². The quantitative estimate of drug-likeness (QED) is 0.899. The van der Waals surface area contributed by atoms with Gasteiger partial charge in [0.2, 0.25) is 10.0 Å². The van der Waals surface area contributed by atoms with E-state index < -0.39 is 10.0 Å². The van der Waals surface area contributed by atoms with Crippen molar-refractivity contribution in [2.45, 2.75) is 17.7 Å². The van der Waals surface area contributed by atoms with Gasteiger partial charge in [0.15, 0.2) is 0 Å². The molecule has 1 amide bonds. The number of carbonyl (C=O) groups excluding carboxylic acids is 1. The molecule has 0 atom stereocenters. The van der Waals surface area contributed by atoms with Gasteiger partial charge in [-0.25, -0.2) is 13.6 Å². The molecule has 0 saturated carbocycles. The summed E-state index contributed by atoms with van der Waals surface area (Å²) in [5.74, 6) is -0.163. The summed E-state index contributed by atoms with van der Waals surface area (Å²) in [5, 5.41) is 11.5. The number of sulfonamides is 1. The van der Waals surface area contributed by atoms with Crippen LogP contribution in [0.2, 0.25) is 0 Å². The molecular formula is C11H12N2O3S3. The molecule has 0 aliphatic carbocycles. The van der Waals surface area contributed by atoms with Gasteiger partial charge < -0.3 is 5.32 Å². The molecule has 0 bridgehead atoms. The van der Waals surface area contributed by atoms with Crippen molar-refractivity contribution >= 4 is 38.6 Å². The number of nitrogens with two attached hydrogens (primary N) is 1. The van der Waals surface area contributed by atoms with Gasteiger partial charge in [-0.05, 0) is 30.0 Å². The fraction of sp³-hybridized carbons (Fsp3) is 0.182. The van der Waals surface area contributed by atoms with E-state index in [9.17, 15) is 13.2 Å². The molecule has 0 radical (unpaired) electrons. The van der Waals surface area contributed by atoms with Crippen LogP contribution >= 0.6 is 22.7 Å². The Kier molecular flexibility index (Phi) is 4.04. The van der Waals surface area contributed by atoms with Crippen molar-refractivity contribution in [1.82, 2.24) is 5.32 Å². The van der Waals surface area contributed by atoms with Crippen molar-refractivity contribution in [3.63, 3.8) is 0 Å². The maximum absolute atomic E-state index is 11.9. The molecule has 102 valence electrons. The van der Waals surface area contributed by atoms with Crippen LogP contribution in [0.25, 0.3) is 0 Å². The van der Waals surface area contributed by atoms with E-state index in [0.717, 1.165) is 21.8 Å². The number of rotatable bonds is 4. The predicted octanol–water partition coefficient (Wildman–Crippen LogP) is 1.70. The van der Waals surface area contributed by atoms with Crippen molar-refractivity contribution in [2.75, 3.05) is 0 Å². The standard InChI is InChI=1S/C11H12N2O3S3/c1-7-5-17-6-9(7)11(14)13-4-8-2-3-10(18-8)19(12,15)16/h2-3,5-6H,4H2,1H3,(H,13,14)(H2,12,15,16). The molecule has 0 aromatic carbocycles. The highest BCUT2D eigenvalue weighted by Gasteiger charge is 2.13. The van der Waals surface area contributed by atoms with Gasteiger partial charge in [0.1, 0.15) is 4.21 Å². The SMILES string of the molecule is Cc1cscc1C(=O)NCc1ccc(S(N)(=O)=O)s1. The molecule has 2 rings (SSSR count). The lowest BCUT2D eigenvalue weighted by atomic mass is 10.2. The van der Waals surface area contributed by atoms with Crippen LogP contribution in [0.15, 0.2) is 27.1 Å². The minimum Gasteiger partial charge on any atom is -0.347 e. The number of aryl methyl sites for hydroxylation is 1. The Hall–Kier alpha value is -1.22. The first-order valence-electron chi connectivity index (χ1n) is 5.30. The highest BCUT2D eigenvalue weighted by atomic mass is 32.2. The van der Waals surface area contributed by atoms with Crippen LogP contribution in [-0.4, -0.2) is 14.3 Å². The van der Waals surface area contributed by atoms with Crippen LogP contribution in [0.5, 0.6) is 0 Å². The summed E-state index contributed by atoms with van der Waals surface area (Å²) < 4.78 is 22.3. The second kappa shape index (κ2) is 5.41. The Morgan fingerprint density at radius 1 is 1.37 bits per heavy atom. The van der Waals surface area contributed by atoms with Gasteiger partial charge in [0, 0.05) is 10.3 Å². The first-order chi connectivity index (χ1) is 8.88. The Labute approximate surface area is 119 Å². The largest absolute Gasteiger partial charge is 0.347 e. The monoisotopic (exact) mass is 316 g/mol. The lowest BCUT2D eigenvalue weighted by Crippen LogP contribution is -2.22. The van der Waals surface area contributed by atoms with E-state index in [1.54, 1.807) is 11.4 Å². The molecular weight excluding hydrogens is 304 g/mol. The van der Waals surface area contributed by atoms with E-state index in [-0.39, 0.29) is 16.7 Å². The van der Waals surface area contributed by atoms with Crippen LogP contribution < -0.4 is 10.5 Å². The van der Waals surface area contributed by atoms with Crippen LogP contribution in [0.1, 0.15) is 20.8 Å². The summed E-state index contributed by atoms with van der Waals surface area (Å²) in [5.41, 5.74) is 1.58. The van der Waals surface area contributed by atoms with Gasteiger partial charge in [0.25, 0.3) is 5.91 Å². The molecule has 8 heteroatoms. The summed E-state index contributed by atoms with van der Waals surface area (Å²) in [6.07, 6.45) is 0. The highest BCUT2D eigenvalue weighted by Crippen LogP contribution is 2.20. The Bertz CT molecular complexity index is 700. The summed E-state index contributed by atoms with van der Waals surface area (Å²) in [6, 6.07) is 3.09. The third-order valence-corrected chi connectivity index (χ3v) is 5.83. The summed E-state index contributed by atoms with van der Waals surface area (Å²) in [7, 11) is -3.66. The Balaban J connectivity index is 2.02. The first-order valence-corrected chi connectivity index (χ1v) is 8.61. The maximum atomic E-state index is 11.9. The van der Waals surface area contributed by atoms with E-state index in [2.05, 4.69) is 5.32 Å². The Morgan fingerprint density at radius 2 is 2.11 bits per heavy atom. The third kappa shape index (κ3) is 3.41. The summed E-state index contributed by atoms with van der Waals surface area (Å²) >= 11 is 2.53. The number of nitrogens with one attached hydrogen (secondary N) is 1. The molecule has 2 aromatic heterocycles. The molecule has 0 aliphatic rings. The van der Waals surface area contributed by atoms with Crippen molar-refractivity contribution in [3.05, 3.63) is 38.9 Å². The molecule has 3 N–H and O–H groups in total. The maximum Gasteiger partial charge on any atom is 0.252 e. The van der Waals surface area contributed by atoms with Gasteiger partial charge >= 0.3 is 0 Å². The predicted molar refractivity (Wildman–Crippen MR) is 75.9 cm³/mol. The van der Waals surface area contributed by atoms with E-state index in [4.69, 9.17) is 5.14 Å². The number of hydrogen-bond acceptors (Lipinski definition) is 5. The molecule has 2 aromatic rings. The molecule has 0 aliphatic heterocycles. The average Bonchev–Trinajstić information content (AvgIpc) is 2.93. The van der Waals surface area contributed by atoms with Crippen molar-refractivity contribution in [1.29, 1.82) is 0 Å². The van der Waals surface area contributed by atoms with Crippen LogP contribution in [0.4, 0.5) is 0 Å². The zero-order valence-electron chi connectivity index (χ0n) is 10.0. The fourth-order valence-electron chi connectivity index (χ4n) is 1.46. The molecule has 0 spiro atoms. The molecule has 0 saturated heterocycles. The van der Waals surface area contributed by atoms with Crippen molar-refractivity contribution in [3.8, 4) is 0 Å². The van der Waals surface area contributed by atoms with Gasteiger partial charge in [-0.2, -0.15) is 11.3 Å². The van der Waals surface area contributed by atoms with Gasteiger partial charge in [-0.15, -0.1) is 11.3 Å². The molecule has 19 heavy (non-hydrogen) atoms. The molecule has 5 nitrogen and oxygen atoms in total. The lowest BCUT2D eigenvalue weighted by molar-refractivity contribution is 0.0951. The molecule has 2 heterocycles. The first kappa shape index (κ1) is 14.2. The number of hydrogen-bond donors (Lipinski definition) is 2. The minimum absolute atomic E-state index is 0.100. The Morgan fingerprint density at radius 3 is 2.63 bits per heavy atom. The lowest BCUT2D eigenvalue weighted by Gasteiger charge is -2.02. The second-order valence-corrected chi connectivity index (χ2v) is 7.62. The third-order valence-electron chi connectivity index (χ3n) is 2.44. The molecule has 0 fully saturated rings. The minimum atomic E-state index is -3.66. The van der Waals surface area contributed by atoms with E-state index in [0.29, 0.717) is 5.56 Å². The normalized spacial score (nSPS) is 11.5. The molecule has 0 unspecified atom stereocenters. The fourth-order valence-corrected chi connectivity index (χ4v) is 4.01. The topological polar surface area (TPSA) is 89.3 Å². The zero-order valence-corrected chi connectivity index (χ0v) is 12.5. The van der Waals surface area contributed by atoms with Gasteiger partial charge in [-0.1, -0.05) is 0 Å². The second-order valence-electron chi connectivity index (χ2n) is 3.92.